The van der Waals surface area contributed by atoms with E-state index in [-0.39, 0.29) is 0 Å². The van der Waals surface area contributed by atoms with E-state index >= 15 is 0 Å². The maximum absolute atomic E-state index is 4.15. The van der Waals surface area contributed by atoms with E-state index in [0.717, 1.165) is 5.82 Å². The molecule has 0 saturated heterocycles. The van der Waals surface area contributed by atoms with Gasteiger partial charge in [-0.2, -0.15) is 0 Å². The van der Waals surface area contributed by atoms with Gasteiger partial charge in [-0.3, -0.25) is 0 Å². The third-order valence-corrected chi connectivity index (χ3v) is 2.64. The standard InChI is InChI=1S/C7H7BrN2/c8-6-4-5(6)7-9-2-1-3-10-7/h1-3,5-6H,4H2. The van der Waals surface area contributed by atoms with E-state index in [1.165, 1.54) is 6.42 Å². The first-order valence-corrected chi connectivity index (χ1v) is 4.20. The molecule has 1 aromatic heterocycles. The Bertz CT molecular complexity index is 224. The lowest BCUT2D eigenvalue weighted by molar-refractivity contribution is 0.930. The highest BCUT2D eigenvalue weighted by molar-refractivity contribution is 9.09. The van der Waals surface area contributed by atoms with Crippen molar-refractivity contribution in [2.45, 2.75) is 17.2 Å². The van der Waals surface area contributed by atoms with Crippen LogP contribution in [-0.4, -0.2) is 14.8 Å². The van der Waals surface area contributed by atoms with Crippen molar-refractivity contribution in [3.05, 3.63) is 24.3 Å². The van der Waals surface area contributed by atoms with Crippen molar-refractivity contribution in [2.75, 3.05) is 0 Å². The molecular weight excluding hydrogens is 192 g/mol. The molecule has 0 amide bonds. The zero-order valence-electron chi connectivity index (χ0n) is 5.37. The van der Waals surface area contributed by atoms with Crippen molar-refractivity contribution in [3.63, 3.8) is 0 Å². The van der Waals surface area contributed by atoms with Gasteiger partial charge >= 0.3 is 0 Å². The van der Waals surface area contributed by atoms with Gasteiger partial charge in [0.25, 0.3) is 0 Å². The van der Waals surface area contributed by atoms with Crippen LogP contribution in [0, 0.1) is 0 Å². The van der Waals surface area contributed by atoms with Crippen molar-refractivity contribution >= 4 is 15.9 Å². The van der Waals surface area contributed by atoms with Gasteiger partial charge in [0, 0.05) is 23.1 Å². The molecule has 10 heavy (non-hydrogen) atoms. The number of halogens is 1. The summed E-state index contributed by atoms with van der Waals surface area (Å²) in [7, 11) is 0. The predicted octanol–water partition coefficient (Wildman–Crippen LogP) is 1.73. The average molecular weight is 199 g/mol. The Labute approximate surface area is 67.8 Å². The number of alkyl halides is 1. The maximum Gasteiger partial charge on any atom is 0.132 e. The average Bonchev–Trinajstić information content (AvgIpc) is 2.69. The second-order valence-corrected chi connectivity index (χ2v) is 3.64. The summed E-state index contributed by atoms with van der Waals surface area (Å²) in [6.07, 6.45) is 4.77. The van der Waals surface area contributed by atoms with E-state index < -0.39 is 0 Å². The maximum atomic E-state index is 4.15. The molecule has 2 atom stereocenters. The van der Waals surface area contributed by atoms with Gasteiger partial charge in [0.05, 0.1) is 0 Å². The Hall–Kier alpha value is -0.440. The molecule has 1 aliphatic rings. The fourth-order valence-electron chi connectivity index (χ4n) is 0.933. The summed E-state index contributed by atoms with van der Waals surface area (Å²) in [6.45, 7) is 0. The molecule has 1 fully saturated rings. The summed E-state index contributed by atoms with van der Waals surface area (Å²) < 4.78 is 0. The fourth-order valence-corrected chi connectivity index (χ4v) is 1.57. The number of nitrogens with zero attached hydrogens (tertiary/aromatic N) is 2. The first-order valence-electron chi connectivity index (χ1n) is 3.29. The molecule has 0 bridgehead atoms. The van der Waals surface area contributed by atoms with Gasteiger partial charge in [-0.1, -0.05) is 15.9 Å². The number of hydrogen-bond donors (Lipinski definition) is 0. The smallest absolute Gasteiger partial charge is 0.132 e. The number of aromatic nitrogens is 2. The van der Waals surface area contributed by atoms with Crippen LogP contribution in [0.2, 0.25) is 0 Å². The molecule has 0 N–H and O–H groups in total. The third kappa shape index (κ3) is 1.06. The van der Waals surface area contributed by atoms with Gasteiger partial charge in [-0.05, 0) is 12.5 Å². The third-order valence-electron chi connectivity index (χ3n) is 1.63. The van der Waals surface area contributed by atoms with Gasteiger partial charge in [0.15, 0.2) is 0 Å². The number of rotatable bonds is 1. The Morgan fingerprint density at radius 2 is 2.00 bits per heavy atom. The molecule has 1 saturated carbocycles. The Morgan fingerprint density at radius 3 is 2.50 bits per heavy atom. The van der Waals surface area contributed by atoms with E-state index in [0.29, 0.717) is 10.7 Å². The summed E-state index contributed by atoms with van der Waals surface area (Å²) in [5, 5.41) is 0. The molecule has 0 spiro atoms. The second kappa shape index (κ2) is 2.31. The predicted molar refractivity (Wildman–Crippen MR) is 42.1 cm³/mol. The van der Waals surface area contributed by atoms with Crippen molar-refractivity contribution in [2.24, 2.45) is 0 Å². The summed E-state index contributed by atoms with van der Waals surface area (Å²) in [5.74, 6) is 1.55. The lowest BCUT2D eigenvalue weighted by Gasteiger charge is -1.91. The van der Waals surface area contributed by atoms with Crippen LogP contribution in [0.4, 0.5) is 0 Å². The van der Waals surface area contributed by atoms with Crippen molar-refractivity contribution in [1.29, 1.82) is 0 Å². The van der Waals surface area contributed by atoms with Gasteiger partial charge in [0.2, 0.25) is 0 Å². The van der Waals surface area contributed by atoms with Crippen LogP contribution < -0.4 is 0 Å². The zero-order valence-corrected chi connectivity index (χ0v) is 6.95. The van der Waals surface area contributed by atoms with E-state index in [1.807, 2.05) is 6.07 Å². The fraction of sp³-hybridized carbons (Fsp3) is 0.429. The summed E-state index contributed by atoms with van der Waals surface area (Å²) in [4.78, 5) is 8.92. The molecule has 0 aromatic carbocycles. The molecule has 0 radical (unpaired) electrons. The molecular formula is C7H7BrN2. The molecule has 0 aliphatic heterocycles. The van der Waals surface area contributed by atoms with Crippen LogP contribution in [-0.2, 0) is 0 Å². The first kappa shape index (κ1) is 6.28. The summed E-state index contributed by atoms with van der Waals surface area (Å²) >= 11 is 3.51. The van der Waals surface area contributed by atoms with E-state index in [2.05, 4.69) is 25.9 Å². The van der Waals surface area contributed by atoms with E-state index in [4.69, 9.17) is 0 Å². The topological polar surface area (TPSA) is 25.8 Å². The lowest BCUT2D eigenvalue weighted by Crippen LogP contribution is -1.90. The minimum atomic E-state index is 0.571. The number of hydrogen-bond acceptors (Lipinski definition) is 2. The summed E-state index contributed by atoms with van der Waals surface area (Å²) in [6, 6.07) is 1.84. The molecule has 52 valence electrons. The van der Waals surface area contributed by atoms with Gasteiger partial charge in [-0.15, -0.1) is 0 Å². The highest BCUT2D eigenvalue weighted by Gasteiger charge is 2.38. The Balaban J connectivity index is 2.20. The van der Waals surface area contributed by atoms with Crippen LogP contribution in [0.1, 0.15) is 18.2 Å². The van der Waals surface area contributed by atoms with Crippen LogP contribution in [0.3, 0.4) is 0 Å². The van der Waals surface area contributed by atoms with Crippen LogP contribution in [0.25, 0.3) is 0 Å². The quantitative estimate of drug-likeness (QED) is 0.643. The van der Waals surface area contributed by atoms with E-state index in [1.54, 1.807) is 12.4 Å². The molecule has 2 rings (SSSR count). The van der Waals surface area contributed by atoms with Crippen molar-refractivity contribution < 1.29 is 0 Å². The second-order valence-electron chi connectivity index (χ2n) is 2.47. The summed E-state index contributed by atoms with van der Waals surface area (Å²) in [5.41, 5.74) is 0. The Morgan fingerprint density at radius 1 is 1.40 bits per heavy atom. The SMILES string of the molecule is BrC1CC1c1ncccn1. The van der Waals surface area contributed by atoms with Gasteiger partial charge in [0.1, 0.15) is 5.82 Å². The lowest BCUT2D eigenvalue weighted by atomic mass is 10.4. The van der Waals surface area contributed by atoms with E-state index in [9.17, 15) is 0 Å². The monoisotopic (exact) mass is 198 g/mol. The van der Waals surface area contributed by atoms with Gasteiger partial charge in [-0.25, -0.2) is 9.97 Å². The minimum Gasteiger partial charge on any atom is -0.241 e. The van der Waals surface area contributed by atoms with Crippen LogP contribution in [0.15, 0.2) is 18.5 Å². The molecule has 2 nitrogen and oxygen atoms in total. The Kier molecular flexibility index (Phi) is 1.45. The van der Waals surface area contributed by atoms with Crippen LogP contribution >= 0.6 is 15.9 Å². The first-order chi connectivity index (χ1) is 4.88. The molecule has 3 heteroatoms. The van der Waals surface area contributed by atoms with Crippen LogP contribution in [0.5, 0.6) is 0 Å². The van der Waals surface area contributed by atoms with Crippen molar-refractivity contribution in [3.8, 4) is 0 Å². The molecule has 1 heterocycles. The largest absolute Gasteiger partial charge is 0.241 e. The minimum absolute atomic E-state index is 0.571. The van der Waals surface area contributed by atoms with Gasteiger partial charge < -0.3 is 0 Å². The highest BCUT2D eigenvalue weighted by atomic mass is 79.9. The molecule has 1 aliphatic carbocycles. The molecule has 2 unspecified atom stereocenters. The zero-order chi connectivity index (χ0) is 6.97. The highest BCUT2D eigenvalue weighted by Crippen LogP contribution is 2.44. The normalized spacial score (nSPS) is 30.1. The molecule has 1 aromatic rings. The van der Waals surface area contributed by atoms with Crippen molar-refractivity contribution in [1.82, 2.24) is 9.97 Å².